The smallest absolute Gasteiger partial charge is 0.266 e. The van der Waals surface area contributed by atoms with Gasteiger partial charge in [0.15, 0.2) is 5.13 Å². The number of hydrogen-bond donors (Lipinski definition) is 0. The summed E-state index contributed by atoms with van der Waals surface area (Å²) in [7, 11) is 0. The van der Waals surface area contributed by atoms with E-state index in [9.17, 15) is 4.79 Å². The van der Waals surface area contributed by atoms with Gasteiger partial charge in [-0.1, -0.05) is 42.5 Å². The molecule has 1 aromatic heterocycles. The van der Waals surface area contributed by atoms with Gasteiger partial charge in [0, 0.05) is 22.0 Å². The van der Waals surface area contributed by atoms with Crippen LogP contribution < -0.4 is 4.90 Å². The standard InChI is InChI=1S/C20H15N3OS2/c1-25-16-9-7-14(8-10-16)13-17-19(24)23(20-21-11-12-26-20)18(22-17)15-5-3-2-4-6-15/h2-13H,1H3/b17-13-. The molecule has 6 heteroatoms. The molecule has 4 rings (SSSR count). The number of hydrogen-bond acceptors (Lipinski definition) is 5. The fraction of sp³-hybridized carbons (Fsp3) is 0.0500. The lowest BCUT2D eigenvalue weighted by Crippen LogP contribution is -2.32. The van der Waals surface area contributed by atoms with Crippen molar-refractivity contribution in [3.63, 3.8) is 0 Å². The predicted molar refractivity (Wildman–Crippen MR) is 109 cm³/mol. The van der Waals surface area contributed by atoms with Crippen LogP contribution in [0, 0.1) is 0 Å². The van der Waals surface area contributed by atoms with Crippen molar-refractivity contribution in [3.05, 3.63) is 83.0 Å². The number of carbonyl (C=O) groups excluding carboxylic acids is 1. The molecule has 128 valence electrons. The molecular weight excluding hydrogens is 362 g/mol. The summed E-state index contributed by atoms with van der Waals surface area (Å²) in [6.07, 6.45) is 5.55. The van der Waals surface area contributed by atoms with Crippen LogP contribution in [0.3, 0.4) is 0 Å². The van der Waals surface area contributed by atoms with E-state index < -0.39 is 0 Å². The van der Waals surface area contributed by atoms with Gasteiger partial charge in [-0.2, -0.15) is 0 Å². The number of rotatable bonds is 4. The lowest BCUT2D eigenvalue weighted by molar-refractivity contribution is -0.113. The third-order valence-electron chi connectivity index (χ3n) is 3.92. The number of carbonyl (C=O) groups is 1. The molecule has 0 bridgehead atoms. The van der Waals surface area contributed by atoms with Gasteiger partial charge >= 0.3 is 0 Å². The van der Waals surface area contributed by atoms with Crippen LogP contribution in [-0.4, -0.2) is 23.0 Å². The van der Waals surface area contributed by atoms with Gasteiger partial charge in [-0.05, 0) is 30.0 Å². The van der Waals surface area contributed by atoms with Crippen molar-refractivity contribution >= 4 is 46.0 Å². The van der Waals surface area contributed by atoms with E-state index in [1.54, 1.807) is 22.9 Å². The number of benzene rings is 2. The Morgan fingerprint density at radius 3 is 2.50 bits per heavy atom. The first-order valence-electron chi connectivity index (χ1n) is 8.00. The topological polar surface area (TPSA) is 45.6 Å². The van der Waals surface area contributed by atoms with Crippen LogP contribution in [-0.2, 0) is 4.79 Å². The number of amidine groups is 1. The third kappa shape index (κ3) is 3.21. The van der Waals surface area contributed by atoms with Gasteiger partial charge in [-0.3, -0.25) is 4.79 Å². The lowest BCUT2D eigenvalue weighted by Gasteiger charge is -2.14. The summed E-state index contributed by atoms with van der Waals surface area (Å²) >= 11 is 3.11. The molecule has 1 aliphatic heterocycles. The molecule has 26 heavy (non-hydrogen) atoms. The minimum absolute atomic E-state index is 0.159. The summed E-state index contributed by atoms with van der Waals surface area (Å²) in [5.74, 6) is 0.449. The van der Waals surface area contributed by atoms with E-state index in [4.69, 9.17) is 0 Å². The summed E-state index contributed by atoms with van der Waals surface area (Å²) in [5, 5.41) is 2.48. The molecule has 0 spiro atoms. The molecular formula is C20H15N3OS2. The maximum absolute atomic E-state index is 13.0. The Bertz CT molecular complexity index is 978. The van der Waals surface area contributed by atoms with Crippen molar-refractivity contribution in [2.75, 3.05) is 11.2 Å². The van der Waals surface area contributed by atoms with Crippen molar-refractivity contribution in [1.29, 1.82) is 0 Å². The molecule has 0 unspecified atom stereocenters. The Morgan fingerprint density at radius 1 is 1.08 bits per heavy atom. The molecule has 2 aromatic carbocycles. The summed E-state index contributed by atoms with van der Waals surface area (Å²) < 4.78 is 0. The molecule has 2 heterocycles. The normalized spacial score (nSPS) is 15.6. The fourth-order valence-corrected chi connectivity index (χ4v) is 3.71. The highest BCUT2D eigenvalue weighted by Gasteiger charge is 2.33. The van der Waals surface area contributed by atoms with Crippen molar-refractivity contribution < 1.29 is 4.79 Å². The number of aliphatic imine (C=N–C) groups is 1. The summed E-state index contributed by atoms with van der Waals surface area (Å²) in [5.41, 5.74) is 2.25. The Balaban J connectivity index is 1.77. The largest absolute Gasteiger partial charge is 0.284 e. The van der Waals surface area contributed by atoms with E-state index in [-0.39, 0.29) is 5.91 Å². The minimum Gasteiger partial charge on any atom is -0.266 e. The zero-order chi connectivity index (χ0) is 17.9. The monoisotopic (exact) mass is 377 g/mol. The number of thiazole rings is 1. The van der Waals surface area contributed by atoms with Crippen LogP contribution in [0.1, 0.15) is 11.1 Å². The molecule has 0 fully saturated rings. The highest BCUT2D eigenvalue weighted by Crippen LogP contribution is 2.29. The summed E-state index contributed by atoms with van der Waals surface area (Å²) in [4.78, 5) is 24.7. The van der Waals surface area contributed by atoms with Crippen molar-refractivity contribution in [3.8, 4) is 0 Å². The predicted octanol–water partition coefficient (Wildman–Crippen LogP) is 4.70. The van der Waals surface area contributed by atoms with Gasteiger partial charge < -0.3 is 0 Å². The lowest BCUT2D eigenvalue weighted by atomic mass is 10.2. The Morgan fingerprint density at radius 2 is 1.85 bits per heavy atom. The van der Waals surface area contributed by atoms with Crippen LogP contribution in [0.15, 0.2) is 81.8 Å². The highest BCUT2D eigenvalue weighted by atomic mass is 32.2. The fourth-order valence-electron chi connectivity index (χ4n) is 2.66. The van der Waals surface area contributed by atoms with Gasteiger partial charge in [0.2, 0.25) is 0 Å². The maximum atomic E-state index is 13.0. The number of nitrogens with zero attached hydrogens (tertiary/aromatic N) is 3. The maximum Gasteiger partial charge on any atom is 0.284 e. The van der Waals surface area contributed by atoms with E-state index in [0.717, 1.165) is 11.1 Å². The van der Waals surface area contributed by atoms with Gasteiger partial charge in [-0.25, -0.2) is 14.9 Å². The Hall–Kier alpha value is -2.70. The van der Waals surface area contributed by atoms with E-state index in [1.807, 2.05) is 72.3 Å². The molecule has 1 amide bonds. The molecule has 4 nitrogen and oxygen atoms in total. The number of amides is 1. The number of anilines is 1. The van der Waals surface area contributed by atoms with E-state index in [0.29, 0.717) is 16.7 Å². The Labute approximate surface area is 159 Å². The van der Waals surface area contributed by atoms with Gasteiger partial charge in [0.25, 0.3) is 5.91 Å². The first kappa shape index (κ1) is 16.8. The highest BCUT2D eigenvalue weighted by molar-refractivity contribution is 7.98. The minimum atomic E-state index is -0.159. The van der Waals surface area contributed by atoms with Crippen molar-refractivity contribution in [2.24, 2.45) is 4.99 Å². The quantitative estimate of drug-likeness (QED) is 0.489. The zero-order valence-electron chi connectivity index (χ0n) is 14.0. The first-order valence-corrected chi connectivity index (χ1v) is 10.1. The molecule has 0 N–H and O–H groups in total. The molecule has 0 aliphatic carbocycles. The molecule has 0 saturated carbocycles. The average molecular weight is 377 g/mol. The number of aromatic nitrogens is 1. The van der Waals surface area contributed by atoms with E-state index in [2.05, 4.69) is 9.98 Å². The summed E-state index contributed by atoms with van der Waals surface area (Å²) in [6, 6.07) is 17.8. The molecule has 0 atom stereocenters. The zero-order valence-corrected chi connectivity index (χ0v) is 15.6. The van der Waals surface area contributed by atoms with Crippen LogP contribution >= 0.6 is 23.1 Å². The SMILES string of the molecule is CSc1ccc(/C=C2\N=C(c3ccccc3)N(c3nccs3)C2=O)cc1. The van der Waals surface area contributed by atoms with Gasteiger partial charge in [-0.15, -0.1) is 23.1 Å². The summed E-state index contributed by atoms with van der Waals surface area (Å²) in [6.45, 7) is 0. The van der Waals surface area contributed by atoms with Crippen molar-refractivity contribution in [2.45, 2.75) is 4.90 Å². The van der Waals surface area contributed by atoms with Crippen LogP contribution in [0.5, 0.6) is 0 Å². The van der Waals surface area contributed by atoms with Crippen molar-refractivity contribution in [1.82, 2.24) is 4.98 Å². The molecule has 3 aromatic rings. The second kappa shape index (κ2) is 7.27. The van der Waals surface area contributed by atoms with E-state index in [1.165, 1.54) is 16.2 Å². The first-order chi connectivity index (χ1) is 12.8. The molecule has 1 aliphatic rings. The second-order valence-corrected chi connectivity index (χ2v) is 7.31. The van der Waals surface area contributed by atoms with Crippen LogP contribution in [0.25, 0.3) is 6.08 Å². The van der Waals surface area contributed by atoms with Crippen LogP contribution in [0.2, 0.25) is 0 Å². The van der Waals surface area contributed by atoms with Crippen LogP contribution in [0.4, 0.5) is 5.13 Å². The molecule has 0 radical (unpaired) electrons. The number of thioether (sulfide) groups is 1. The Kier molecular flexibility index (Phi) is 4.69. The average Bonchev–Trinajstić information content (AvgIpc) is 3.32. The van der Waals surface area contributed by atoms with E-state index >= 15 is 0 Å². The second-order valence-electron chi connectivity index (χ2n) is 5.56. The molecule has 0 saturated heterocycles. The van der Waals surface area contributed by atoms with Gasteiger partial charge in [0.1, 0.15) is 11.5 Å². The van der Waals surface area contributed by atoms with Gasteiger partial charge in [0.05, 0.1) is 0 Å². The third-order valence-corrected chi connectivity index (χ3v) is 5.42.